The maximum absolute atomic E-state index is 13.2. The minimum absolute atomic E-state index is 0.106. The zero-order valence-corrected chi connectivity index (χ0v) is 9.66. The van der Waals surface area contributed by atoms with Gasteiger partial charge in [-0.05, 0) is 26.0 Å². The molecule has 4 nitrogen and oxygen atoms in total. The van der Waals surface area contributed by atoms with Crippen molar-refractivity contribution in [2.24, 2.45) is 0 Å². The lowest BCUT2D eigenvalue weighted by atomic mass is 10.2. The van der Waals surface area contributed by atoms with Gasteiger partial charge in [-0.25, -0.2) is 4.39 Å². The molecular formula is C12H13FN2O2. The predicted molar refractivity (Wildman–Crippen MR) is 61.1 cm³/mol. The molecule has 0 radical (unpaired) electrons. The van der Waals surface area contributed by atoms with Crippen molar-refractivity contribution in [3.8, 4) is 5.75 Å². The molecule has 0 aliphatic carbocycles. The highest BCUT2D eigenvalue weighted by atomic mass is 19.1. The van der Waals surface area contributed by atoms with E-state index in [1.807, 2.05) is 13.8 Å². The zero-order valence-electron chi connectivity index (χ0n) is 9.66. The third kappa shape index (κ3) is 2.38. The van der Waals surface area contributed by atoms with Crippen LogP contribution in [-0.2, 0) is 6.61 Å². The summed E-state index contributed by atoms with van der Waals surface area (Å²) < 4.78 is 23.6. The highest BCUT2D eigenvalue weighted by Crippen LogP contribution is 2.20. The van der Waals surface area contributed by atoms with Crippen LogP contribution in [0.1, 0.15) is 17.0 Å². The molecule has 0 bridgehead atoms. The molecule has 0 fully saturated rings. The molecule has 0 atom stereocenters. The molecule has 2 aromatic rings. The second-order valence-electron chi connectivity index (χ2n) is 3.77. The zero-order chi connectivity index (χ0) is 12.4. The first-order valence-corrected chi connectivity index (χ1v) is 5.17. The van der Waals surface area contributed by atoms with Crippen LogP contribution in [0.4, 0.5) is 10.1 Å². The summed E-state index contributed by atoms with van der Waals surface area (Å²) in [4.78, 5) is 0. The van der Waals surface area contributed by atoms with E-state index in [1.165, 1.54) is 12.1 Å². The van der Waals surface area contributed by atoms with Gasteiger partial charge in [-0.15, -0.1) is 0 Å². The average molecular weight is 236 g/mol. The monoisotopic (exact) mass is 236 g/mol. The van der Waals surface area contributed by atoms with E-state index in [2.05, 4.69) is 5.16 Å². The summed E-state index contributed by atoms with van der Waals surface area (Å²) in [6.07, 6.45) is 0. The number of hydrogen-bond donors (Lipinski definition) is 1. The smallest absolute Gasteiger partial charge is 0.149 e. The standard InChI is InChI=1S/C12H13FN2O2/c1-7-10(8(2)17-15-7)6-16-9-3-4-12(14)11(13)5-9/h3-5H,6,14H2,1-2H3. The number of nitrogens with zero attached hydrogens (tertiary/aromatic N) is 1. The van der Waals surface area contributed by atoms with Crippen LogP contribution in [-0.4, -0.2) is 5.16 Å². The van der Waals surface area contributed by atoms with Crippen molar-refractivity contribution in [2.45, 2.75) is 20.5 Å². The number of ether oxygens (including phenoxy) is 1. The van der Waals surface area contributed by atoms with Crippen LogP contribution in [0.5, 0.6) is 5.75 Å². The van der Waals surface area contributed by atoms with E-state index < -0.39 is 5.82 Å². The highest BCUT2D eigenvalue weighted by molar-refractivity contribution is 5.43. The summed E-state index contributed by atoms with van der Waals surface area (Å²) in [7, 11) is 0. The number of nitrogens with two attached hydrogens (primary N) is 1. The predicted octanol–water partition coefficient (Wildman–Crippen LogP) is 2.59. The van der Waals surface area contributed by atoms with Gasteiger partial charge in [0, 0.05) is 6.07 Å². The first kappa shape index (κ1) is 11.4. The first-order chi connectivity index (χ1) is 8.08. The van der Waals surface area contributed by atoms with Gasteiger partial charge < -0.3 is 15.0 Å². The fourth-order valence-electron chi connectivity index (χ4n) is 1.46. The lowest BCUT2D eigenvalue weighted by Crippen LogP contribution is -1.99. The summed E-state index contributed by atoms with van der Waals surface area (Å²) in [6, 6.07) is 4.35. The Kier molecular flexibility index (Phi) is 2.99. The Morgan fingerprint density at radius 1 is 1.41 bits per heavy atom. The summed E-state index contributed by atoms with van der Waals surface area (Å²) >= 11 is 0. The average Bonchev–Trinajstić information content (AvgIpc) is 2.61. The fraction of sp³-hybridized carbons (Fsp3) is 0.250. The molecular weight excluding hydrogens is 223 g/mol. The normalized spacial score (nSPS) is 10.5. The van der Waals surface area contributed by atoms with E-state index >= 15 is 0 Å². The Balaban J connectivity index is 2.10. The van der Waals surface area contributed by atoms with Crippen LogP contribution in [0.15, 0.2) is 22.7 Å². The highest BCUT2D eigenvalue weighted by Gasteiger charge is 2.10. The molecule has 2 rings (SSSR count). The van der Waals surface area contributed by atoms with E-state index in [-0.39, 0.29) is 5.69 Å². The first-order valence-electron chi connectivity index (χ1n) is 5.17. The number of anilines is 1. The van der Waals surface area contributed by atoms with Gasteiger partial charge in [-0.2, -0.15) is 0 Å². The van der Waals surface area contributed by atoms with Gasteiger partial charge in [0.05, 0.1) is 16.9 Å². The molecule has 0 aliphatic heterocycles. The minimum Gasteiger partial charge on any atom is -0.489 e. The number of halogens is 1. The fourth-order valence-corrected chi connectivity index (χ4v) is 1.46. The molecule has 2 N–H and O–H groups in total. The van der Waals surface area contributed by atoms with Gasteiger partial charge in [-0.1, -0.05) is 5.16 Å². The Bertz CT molecular complexity index is 518. The van der Waals surface area contributed by atoms with E-state index in [1.54, 1.807) is 6.07 Å². The number of benzene rings is 1. The lowest BCUT2D eigenvalue weighted by Gasteiger charge is -2.06. The van der Waals surface area contributed by atoms with Crippen LogP contribution in [0.3, 0.4) is 0 Å². The van der Waals surface area contributed by atoms with Crippen LogP contribution >= 0.6 is 0 Å². The van der Waals surface area contributed by atoms with Crippen LogP contribution in [0, 0.1) is 19.7 Å². The Labute approximate surface area is 98.2 Å². The number of aryl methyl sites for hydroxylation is 2. The van der Waals surface area contributed by atoms with Gasteiger partial charge in [-0.3, -0.25) is 0 Å². The van der Waals surface area contributed by atoms with Crippen molar-refractivity contribution in [2.75, 3.05) is 5.73 Å². The molecule has 0 unspecified atom stereocenters. The quantitative estimate of drug-likeness (QED) is 0.832. The number of nitrogen functional groups attached to an aromatic ring is 1. The van der Waals surface area contributed by atoms with Crippen LogP contribution in [0.2, 0.25) is 0 Å². The second-order valence-corrected chi connectivity index (χ2v) is 3.77. The summed E-state index contributed by atoms with van der Waals surface area (Å²) in [5.41, 5.74) is 7.13. The number of aromatic nitrogens is 1. The molecule has 0 aliphatic rings. The maximum atomic E-state index is 13.2. The molecule has 90 valence electrons. The van der Waals surface area contributed by atoms with E-state index in [4.69, 9.17) is 15.0 Å². The van der Waals surface area contributed by atoms with Gasteiger partial charge in [0.25, 0.3) is 0 Å². The second kappa shape index (κ2) is 4.45. The van der Waals surface area contributed by atoms with Gasteiger partial charge in [0.1, 0.15) is 23.9 Å². The molecule has 17 heavy (non-hydrogen) atoms. The SMILES string of the molecule is Cc1noc(C)c1COc1ccc(N)c(F)c1. The summed E-state index contributed by atoms with van der Waals surface area (Å²) in [5.74, 6) is 0.649. The maximum Gasteiger partial charge on any atom is 0.149 e. The van der Waals surface area contributed by atoms with Crippen LogP contribution in [0.25, 0.3) is 0 Å². The molecule has 1 aromatic heterocycles. The molecule has 5 heteroatoms. The molecule has 1 aromatic carbocycles. The van der Waals surface area contributed by atoms with Crippen molar-refractivity contribution in [1.29, 1.82) is 0 Å². The van der Waals surface area contributed by atoms with Crippen molar-refractivity contribution in [1.82, 2.24) is 5.16 Å². The van der Waals surface area contributed by atoms with Gasteiger partial charge in [0.15, 0.2) is 0 Å². The van der Waals surface area contributed by atoms with Crippen molar-refractivity contribution in [3.63, 3.8) is 0 Å². The Hall–Kier alpha value is -2.04. The molecule has 0 saturated carbocycles. The third-order valence-electron chi connectivity index (χ3n) is 2.54. The van der Waals surface area contributed by atoms with Crippen molar-refractivity contribution in [3.05, 3.63) is 41.0 Å². The van der Waals surface area contributed by atoms with E-state index in [0.717, 1.165) is 11.3 Å². The van der Waals surface area contributed by atoms with Crippen LogP contribution < -0.4 is 10.5 Å². The third-order valence-corrected chi connectivity index (χ3v) is 2.54. The van der Waals surface area contributed by atoms with Crippen molar-refractivity contribution < 1.29 is 13.7 Å². The number of hydrogen-bond acceptors (Lipinski definition) is 4. The molecule has 0 spiro atoms. The van der Waals surface area contributed by atoms with Gasteiger partial charge >= 0.3 is 0 Å². The summed E-state index contributed by atoms with van der Waals surface area (Å²) in [6.45, 7) is 3.94. The topological polar surface area (TPSA) is 61.3 Å². The largest absolute Gasteiger partial charge is 0.489 e. The lowest BCUT2D eigenvalue weighted by molar-refractivity contribution is 0.300. The Morgan fingerprint density at radius 2 is 2.18 bits per heavy atom. The minimum atomic E-state index is -0.485. The summed E-state index contributed by atoms with van der Waals surface area (Å²) in [5, 5.41) is 3.81. The van der Waals surface area contributed by atoms with Gasteiger partial charge in [0.2, 0.25) is 0 Å². The van der Waals surface area contributed by atoms with E-state index in [0.29, 0.717) is 18.1 Å². The number of rotatable bonds is 3. The molecule has 1 heterocycles. The Morgan fingerprint density at radius 3 is 2.76 bits per heavy atom. The molecule has 0 amide bonds. The molecule has 0 saturated heterocycles. The van der Waals surface area contributed by atoms with E-state index in [9.17, 15) is 4.39 Å². The van der Waals surface area contributed by atoms with Crippen molar-refractivity contribution >= 4 is 5.69 Å².